The SMILES string of the molecule is Cc1nnc(CN=C(NCC(c2ccco2)N2CCCCC2)NC2CCCC2)n1C. The second-order valence-corrected chi connectivity index (χ2v) is 8.52. The normalized spacial score (nSPS) is 19.9. The van der Waals surface area contributed by atoms with E-state index in [2.05, 4.69) is 31.8 Å². The minimum Gasteiger partial charge on any atom is -0.468 e. The number of aromatic nitrogens is 3. The third kappa shape index (κ3) is 5.22. The molecule has 1 atom stereocenters. The van der Waals surface area contributed by atoms with Gasteiger partial charge in [0.1, 0.15) is 18.1 Å². The molecular formula is C22H35N7O. The van der Waals surface area contributed by atoms with Gasteiger partial charge in [-0.15, -0.1) is 10.2 Å². The topological polar surface area (TPSA) is 83.5 Å². The van der Waals surface area contributed by atoms with Crippen LogP contribution in [0, 0.1) is 6.92 Å². The van der Waals surface area contributed by atoms with E-state index in [1.54, 1.807) is 6.26 Å². The molecule has 2 aromatic rings. The predicted molar refractivity (Wildman–Crippen MR) is 117 cm³/mol. The van der Waals surface area contributed by atoms with Gasteiger partial charge < -0.3 is 19.6 Å². The second kappa shape index (κ2) is 10.1. The van der Waals surface area contributed by atoms with Crippen molar-refractivity contribution >= 4 is 5.96 Å². The Morgan fingerprint density at radius 2 is 2.00 bits per heavy atom. The molecular weight excluding hydrogens is 378 g/mol. The highest BCUT2D eigenvalue weighted by molar-refractivity contribution is 5.80. The molecule has 30 heavy (non-hydrogen) atoms. The Morgan fingerprint density at radius 3 is 2.67 bits per heavy atom. The van der Waals surface area contributed by atoms with Crippen molar-refractivity contribution < 1.29 is 4.42 Å². The summed E-state index contributed by atoms with van der Waals surface area (Å²) >= 11 is 0. The number of rotatable bonds is 7. The Bertz CT molecular complexity index is 802. The number of furan rings is 1. The fourth-order valence-corrected chi connectivity index (χ4v) is 4.47. The van der Waals surface area contributed by atoms with Crippen LogP contribution in [0.3, 0.4) is 0 Å². The van der Waals surface area contributed by atoms with E-state index in [9.17, 15) is 0 Å². The van der Waals surface area contributed by atoms with Gasteiger partial charge in [0.25, 0.3) is 0 Å². The average molecular weight is 414 g/mol. The van der Waals surface area contributed by atoms with Crippen LogP contribution < -0.4 is 10.6 Å². The van der Waals surface area contributed by atoms with E-state index in [0.717, 1.165) is 43.0 Å². The van der Waals surface area contributed by atoms with Crippen LogP contribution >= 0.6 is 0 Å². The summed E-state index contributed by atoms with van der Waals surface area (Å²) in [5, 5.41) is 15.7. The predicted octanol–water partition coefficient (Wildman–Crippen LogP) is 2.92. The molecule has 0 amide bonds. The lowest BCUT2D eigenvalue weighted by Gasteiger charge is -2.34. The van der Waals surface area contributed by atoms with E-state index in [1.165, 1.54) is 44.9 Å². The number of guanidine groups is 1. The standard InChI is InChI=1S/C22H35N7O/c1-17-26-27-21(28(17)2)16-24-22(25-18-9-4-5-10-18)23-15-19(20-11-8-14-30-20)29-12-6-3-7-13-29/h8,11,14,18-19H,3-7,9-10,12-13,15-16H2,1-2H3,(H2,23,24,25). The highest BCUT2D eigenvalue weighted by Crippen LogP contribution is 2.24. The van der Waals surface area contributed by atoms with Crippen LogP contribution in [0.2, 0.25) is 0 Å². The number of hydrogen-bond acceptors (Lipinski definition) is 5. The van der Waals surface area contributed by atoms with E-state index in [4.69, 9.17) is 9.41 Å². The summed E-state index contributed by atoms with van der Waals surface area (Å²) in [4.78, 5) is 7.39. The van der Waals surface area contributed by atoms with Crippen LogP contribution in [-0.2, 0) is 13.6 Å². The first-order valence-electron chi connectivity index (χ1n) is 11.4. The second-order valence-electron chi connectivity index (χ2n) is 8.52. The Hall–Kier alpha value is -2.35. The molecule has 0 spiro atoms. The number of likely N-dealkylation sites (tertiary alicyclic amines) is 1. The van der Waals surface area contributed by atoms with Crippen LogP contribution in [-0.4, -0.2) is 51.3 Å². The number of nitrogens with one attached hydrogen (secondary N) is 2. The molecule has 2 N–H and O–H groups in total. The van der Waals surface area contributed by atoms with Crippen LogP contribution in [0.4, 0.5) is 0 Å². The number of nitrogens with zero attached hydrogens (tertiary/aromatic N) is 5. The van der Waals surface area contributed by atoms with E-state index in [1.807, 2.05) is 24.6 Å². The lowest BCUT2D eigenvalue weighted by atomic mass is 10.1. The third-order valence-electron chi connectivity index (χ3n) is 6.42. The minimum atomic E-state index is 0.216. The summed E-state index contributed by atoms with van der Waals surface area (Å²) in [5.41, 5.74) is 0. The smallest absolute Gasteiger partial charge is 0.191 e. The molecule has 1 aliphatic carbocycles. The van der Waals surface area contributed by atoms with Gasteiger partial charge in [0.15, 0.2) is 11.8 Å². The number of piperidine rings is 1. The highest BCUT2D eigenvalue weighted by Gasteiger charge is 2.25. The summed E-state index contributed by atoms with van der Waals surface area (Å²) in [6.45, 7) is 5.47. The molecule has 1 unspecified atom stereocenters. The van der Waals surface area contributed by atoms with E-state index < -0.39 is 0 Å². The fourth-order valence-electron chi connectivity index (χ4n) is 4.47. The molecule has 1 aliphatic heterocycles. The van der Waals surface area contributed by atoms with Crippen LogP contribution in [0.5, 0.6) is 0 Å². The summed E-state index contributed by atoms with van der Waals surface area (Å²) in [7, 11) is 1.99. The van der Waals surface area contributed by atoms with Crippen molar-refractivity contribution in [2.45, 2.75) is 70.5 Å². The maximum Gasteiger partial charge on any atom is 0.191 e. The van der Waals surface area contributed by atoms with Crippen LogP contribution in [0.1, 0.15) is 68.4 Å². The lowest BCUT2D eigenvalue weighted by Crippen LogP contribution is -2.46. The zero-order chi connectivity index (χ0) is 20.8. The van der Waals surface area contributed by atoms with Gasteiger partial charge in [0, 0.05) is 19.6 Å². The molecule has 3 heterocycles. The molecule has 0 aromatic carbocycles. The van der Waals surface area contributed by atoms with Crippen molar-refractivity contribution in [2.24, 2.45) is 12.0 Å². The monoisotopic (exact) mass is 413 g/mol. The Morgan fingerprint density at radius 1 is 1.20 bits per heavy atom. The summed E-state index contributed by atoms with van der Waals surface area (Å²) in [6.07, 6.45) is 10.6. The zero-order valence-corrected chi connectivity index (χ0v) is 18.3. The van der Waals surface area contributed by atoms with Crippen LogP contribution in [0.15, 0.2) is 27.8 Å². The van der Waals surface area contributed by atoms with Crippen molar-refractivity contribution in [1.82, 2.24) is 30.3 Å². The summed E-state index contributed by atoms with van der Waals surface area (Å²) in [6, 6.07) is 4.78. The summed E-state index contributed by atoms with van der Waals surface area (Å²) in [5.74, 6) is 3.66. The zero-order valence-electron chi connectivity index (χ0n) is 18.3. The van der Waals surface area contributed by atoms with Gasteiger partial charge in [-0.3, -0.25) is 4.90 Å². The van der Waals surface area contributed by atoms with Crippen molar-refractivity contribution in [3.63, 3.8) is 0 Å². The van der Waals surface area contributed by atoms with E-state index in [-0.39, 0.29) is 6.04 Å². The molecule has 2 aliphatic rings. The van der Waals surface area contributed by atoms with Crippen molar-refractivity contribution in [3.8, 4) is 0 Å². The lowest BCUT2D eigenvalue weighted by molar-refractivity contribution is 0.146. The number of aliphatic imine (C=N–C) groups is 1. The van der Waals surface area contributed by atoms with E-state index >= 15 is 0 Å². The molecule has 8 heteroatoms. The Labute approximate surface area is 179 Å². The van der Waals surface area contributed by atoms with Gasteiger partial charge in [-0.1, -0.05) is 19.3 Å². The quantitative estimate of drug-likeness (QED) is 0.536. The van der Waals surface area contributed by atoms with Crippen molar-refractivity contribution in [2.75, 3.05) is 19.6 Å². The number of aryl methyl sites for hydroxylation is 1. The molecule has 0 bridgehead atoms. The minimum absolute atomic E-state index is 0.216. The fraction of sp³-hybridized carbons (Fsp3) is 0.682. The number of hydrogen-bond donors (Lipinski definition) is 2. The van der Waals surface area contributed by atoms with Crippen LogP contribution in [0.25, 0.3) is 0 Å². The van der Waals surface area contributed by atoms with Gasteiger partial charge in [-0.2, -0.15) is 0 Å². The van der Waals surface area contributed by atoms with Gasteiger partial charge in [-0.05, 0) is 57.8 Å². The Kier molecular flexibility index (Phi) is 7.04. The van der Waals surface area contributed by atoms with Gasteiger partial charge in [-0.25, -0.2) is 4.99 Å². The molecule has 8 nitrogen and oxygen atoms in total. The van der Waals surface area contributed by atoms with Gasteiger partial charge in [0.2, 0.25) is 0 Å². The van der Waals surface area contributed by atoms with E-state index in [0.29, 0.717) is 12.6 Å². The maximum absolute atomic E-state index is 5.80. The first-order chi connectivity index (χ1) is 14.7. The Balaban J connectivity index is 1.46. The molecule has 4 rings (SSSR count). The molecule has 1 saturated carbocycles. The summed E-state index contributed by atoms with van der Waals surface area (Å²) < 4.78 is 7.79. The largest absolute Gasteiger partial charge is 0.468 e. The molecule has 0 radical (unpaired) electrons. The first kappa shape index (κ1) is 20.9. The highest BCUT2D eigenvalue weighted by atomic mass is 16.3. The van der Waals surface area contributed by atoms with Gasteiger partial charge >= 0.3 is 0 Å². The molecule has 2 aromatic heterocycles. The molecule has 164 valence electrons. The third-order valence-corrected chi connectivity index (χ3v) is 6.42. The molecule has 2 fully saturated rings. The first-order valence-corrected chi connectivity index (χ1v) is 11.4. The van der Waals surface area contributed by atoms with Gasteiger partial charge in [0.05, 0.1) is 12.3 Å². The van der Waals surface area contributed by atoms with Crippen molar-refractivity contribution in [1.29, 1.82) is 0 Å². The maximum atomic E-state index is 5.80. The molecule has 1 saturated heterocycles. The average Bonchev–Trinajstić information content (AvgIpc) is 3.53. The van der Waals surface area contributed by atoms with Crippen molar-refractivity contribution in [3.05, 3.63) is 35.8 Å².